The molecule has 7 rings (SSSR count). The number of hydrogen-bond acceptors (Lipinski definition) is 6. The highest BCUT2D eigenvalue weighted by molar-refractivity contribution is 5.80. The van der Waals surface area contributed by atoms with Crippen molar-refractivity contribution in [1.29, 1.82) is 0 Å². The summed E-state index contributed by atoms with van der Waals surface area (Å²) in [7, 11) is 0. The Balaban J connectivity index is 1.15. The zero-order chi connectivity index (χ0) is 20.1. The SMILES string of the molecule is O=C(NC12CC3CC(CC(C3)C1)C2)C1CCCN(c2cc(-n3cncn3)ncn2)C1. The van der Waals surface area contributed by atoms with Crippen LogP contribution < -0.4 is 10.2 Å². The molecule has 5 fully saturated rings. The summed E-state index contributed by atoms with van der Waals surface area (Å²) < 4.78 is 1.63. The number of carbonyl (C=O) groups excluding carboxylic acids is 1. The van der Waals surface area contributed by atoms with Crippen molar-refractivity contribution in [2.75, 3.05) is 18.0 Å². The Kier molecular flexibility index (Phi) is 4.28. The summed E-state index contributed by atoms with van der Waals surface area (Å²) in [6.07, 6.45) is 14.4. The van der Waals surface area contributed by atoms with E-state index in [1.165, 1.54) is 44.9 Å². The lowest BCUT2D eigenvalue weighted by atomic mass is 9.53. The Labute approximate surface area is 176 Å². The van der Waals surface area contributed by atoms with Crippen LogP contribution in [0.1, 0.15) is 51.4 Å². The largest absolute Gasteiger partial charge is 0.356 e. The minimum absolute atomic E-state index is 0.0246. The van der Waals surface area contributed by atoms with Crippen molar-refractivity contribution in [3.8, 4) is 5.82 Å². The zero-order valence-electron chi connectivity index (χ0n) is 17.3. The van der Waals surface area contributed by atoms with Gasteiger partial charge in [0, 0.05) is 24.7 Å². The Hall–Kier alpha value is -2.51. The Morgan fingerprint density at radius 1 is 1.03 bits per heavy atom. The van der Waals surface area contributed by atoms with Crippen molar-refractivity contribution in [3.05, 3.63) is 25.0 Å². The number of carbonyl (C=O) groups is 1. The molecule has 2 aromatic rings. The summed E-state index contributed by atoms with van der Waals surface area (Å²) in [5.41, 5.74) is 0.0866. The maximum absolute atomic E-state index is 13.3. The van der Waals surface area contributed by atoms with Crippen LogP contribution in [-0.2, 0) is 4.79 Å². The van der Waals surface area contributed by atoms with Gasteiger partial charge in [-0.15, -0.1) is 0 Å². The van der Waals surface area contributed by atoms with Crippen molar-refractivity contribution in [2.45, 2.75) is 56.9 Å². The number of anilines is 1. The molecule has 5 aliphatic rings. The van der Waals surface area contributed by atoms with E-state index in [0.29, 0.717) is 12.4 Å². The third-order valence-corrected chi connectivity index (χ3v) is 7.83. The van der Waals surface area contributed by atoms with Crippen LogP contribution in [0, 0.1) is 23.7 Å². The van der Waals surface area contributed by atoms with Gasteiger partial charge in [-0.05, 0) is 69.1 Å². The summed E-state index contributed by atoms with van der Waals surface area (Å²) in [5, 5.41) is 7.73. The van der Waals surface area contributed by atoms with E-state index >= 15 is 0 Å². The van der Waals surface area contributed by atoms with Gasteiger partial charge in [0.25, 0.3) is 0 Å². The van der Waals surface area contributed by atoms with Crippen LogP contribution in [0.15, 0.2) is 25.0 Å². The molecule has 4 aliphatic carbocycles. The highest BCUT2D eigenvalue weighted by Gasteiger charge is 2.51. The molecule has 1 saturated heterocycles. The minimum Gasteiger partial charge on any atom is -0.356 e. The maximum Gasteiger partial charge on any atom is 0.225 e. The third kappa shape index (κ3) is 3.26. The first-order valence-corrected chi connectivity index (χ1v) is 11.4. The van der Waals surface area contributed by atoms with Gasteiger partial charge in [0.15, 0.2) is 5.82 Å². The second-order valence-electron chi connectivity index (χ2n) is 10.0. The smallest absolute Gasteiger partial charge is 0.225 e. The van der Waals surface area contributed by atoms with Crippen molar-refractivity contribution in [1.82, 2.24) is 30.0 Å². The minimum atomic E-state index is 0.0246. The number of nitrogens with zero attached hydrogens (tertiary/aromatic N) is 6. The van der Waals surface area contributed by atoms with E-state index < -0.39 is 0 Å². The lowest BCUT2D eigenvalue weighted by molar-refractivity contribution is -0.131. The number of aromatic nitrogens is 5. The number of rotatable bonds is 4. The van der Waals surface area contributed by atoms with Crippen LogP contribution >= 0.6 is 0 Å². The predicted octanol–water partition coefficient (Wildman–Crippen LogP) is 2.36. The van der Waals surface area contributed by atoms with Crippen LogP contribution in [0.25, 0.3) is 5.82 Å². The highest BCUT2D eigenvalue weighted by Crippen LogP contribution is 2.55. The lowest BCUT2D eigenvalue weighted by Crippen LogP contribution is -2.61. The average Bonchev–Trinajstić information content (AvgIpc) is 3.28. The summed E-state index contributed by atoms with van der Waals surface area (Å²) >= 11 is 0. The second-order valence-corrected chi connectivity index (χ2v) is 10.0. The van der Waals surface area contributed by atoms with E-state index in [9.17, 15) is 4.79 Å². The molecule has 1 N–H and O–H groups in total. The molecular formula is C22H29N7O. The average molecular weight is 408 g/mol. The number of nitrogens with one attached hydrogen (secondary N) is 1. The molecule has 8 heteroatoms. The molecular weight excluding hydrogens is 378 g/mol. The third-order valence-electron chi connectivity index (χ3n) is 7.83. The van der Waals surface area contributed by atoms with Crippen LogP contribution in [0.2, 0.25) is 0 Å². The van der Waals surface area contributed by atoms with Crippen LogP contribution in [0.3, 0.4) is 0 Å². The van der Waals surface area contributed by atoms with Gasteiger partial charge in [-0.2, -0.15) is 5.10 Å². The number of amides is 1. The molecule has 0 aromatic carbocycles. The van der Waals surface area contributed by atoms with Gasteiger partial charge in [-0.1, -0.05) is 0 Å². The fourth-order valence-corrected chi connectivity index (χ4v) is 6.99. The molecule has 3 heterocycles. The number of hydrogen-bond donors (Lipinski definition) is 1. The van der Waals surface area contributed by atoms with Gasteiger partial charge in [0.05, 0.1) is 5.92 Å². The van der Waals surface area contributed by atoms with Crippen LogP contribution in [0.5, 0.6) is 0 Å². The van der Waals surface area contributed by atoms with Crippen molar-refractivity contribution in [2.24, 2.45) is 23.7 Å². The molecule has 158 valence electrons. The molecule has 0 radical (unpaired) electrons. The first-order valence-electron chi connectivity index (χ1n) is 11.4. The molecule has 1 aliphatic heterocycles. The van der Waals surface area contributed by atoms with Gasteiger partial charge in [0.2, 0.25) is 5.91 Å². The van der Waals surface area contributed by atoms with Crippen molar-refractivity contribution >= 4 is 11.7 Å². The van der Waals surface area contributed by atoms with Crippen LogP contribution in [0.4, 0.5) is 5.82 Å². The Morgan fingerprint density at radius 3 is 2.47 bits per heavy atom. The molecule has 0 spiro atoms. The summed E-state index contributed by atoms with van der Waals surface area (Å²) in [5.74, 6) is 4.35. The number of piperidine rings is 1. The van der Waals surface area contributed by atoms with Crippen LogP contribution in [-0.4, -0.2) is 49.3 Å². The lowest BCUT2D eigenvalue weighted by Gasteiger charge is -2.57. The maximum atomic E-state index is 13.3. The molecule has 4 saturated carbocycles. The van der Waals surface area contributed by atoms with Gasteiger partial charge in [-0.3, -0.25) is 4.79 Å². The predicted molar refractivity (Wildman–Crippen MR) is 111 cm³/mol. The standard InChI is InChI=1S/C22H29N7O/c30-21(27-22-8-15-4-16(9-22)6-17(5-15)10-22)18-2-1-3-28(11-18)19-7-20(25-13-24-19)29-14-23-12-26-29/h7,12-18H,1-6,8-11H2,(H,27,30). The van der Waals surface area contributed by atoms with Gasteiger partial charge >= 0.3 is 0 Å². The molecule has 1 amide bonds. The Bertz CT molecular complexity index is 892. The normalized spacial score (nSPS) is 34.9. The topological polar surface area (TPSA) is 88.8 Å². The molecule has 4 bridgehead atoms. The van der Waals surface area contributed by atoms with E-state index in [-0.39, 0.29) is 17.4 Å². The molecule has 30 heavy (non-hydrogen) atoms. The summed E-state index contributed by atoms with van der Waals surface area (Å²) in [6, 6.07) is 1.92. The van der Waals surface area contributed by atoms with Gasteiger partial charge in [0.1, 0.15) is 24.8 Å². The zero-order valence-corrected chi connectivity index (χ0v) is 17.3. The van der Waals surface area contributed by atoms with E-state index in [1.54, 1.807) is 17.3 Å². The van der Waals surface area contributed by atoms with E-state index in [2.05, 4.69) is 30.3 Å². The van der Waals surface area contributed by atoms with Crippen molar-refractivity contribution in [3.63, 3.8) is 0 Å². The quantitative estimate of drug-likeness (QED) is 0.837. The fourth-order valence-electron chi connectivity index (χ4n) is 6.99. The summed E-state index contributed by atoms with van der Waals surface area (Å²) in [6.45, 7) is 1.63. The molecule has 2 aromatic heterocycles. The van der Waals surface area contributed by atoms with Gasteiger partial charge < -0.3 is 10.2 Å². The van der Waals surface area contributed by atoms with Crippen molar-refractivity contribution < 1.29 is 4.79 Å². The first kappa shape index (κ1) is 18.3. The van der Waals surface area contributed by atoms with E-state index in [4.69, 9.17) is 0 Å². The summed E-state index contributed by atoms with van der Waals surface area (Å²) in [4.78, 5) is 28.3. The van der Waals surface area contributed by atoms with E-state index in [1.807, 2.05) is 6.07 Å². The fraction of sp³-hybridized carbons (Fsp3) is 0.682. The Morgan fingerprint density at radius 2 is 1.77 bits per heavy atom. The monoisotopic (exact) mass is 407 g/mol. The molecule has 1 atom stereocenters. The van der Waals surface area contributed by atoms with E-state index in [0.717, 1.165) is 43.0 Å². The first-order chi connectivity index (χ1) is 14.7. The molecule has 8 nitrogen and oxygen atoms in total. The molecule has 1 unspecified atom stereocenters. The highest BCUT2D eigenvalue weighted by atomic mass is 16.2. The van der Waals surface area contributed by atoms with Gasteiger partial charge in [-0.25, -0.2) is 19.6 Å². The second kappa shape index (κ2) is 7.03.